The lowest BCUT2D eigenvalue weighted by molar-refractivity contribution is -0.120. The molecule has 0 radical (unpaired) electrons. The Morgan fingerprint density at radius 3 is 3.00 bits per heavy atom. The molecule has 3 rings (SSSR count). The molecule has 1 aromatic carbocycles. The number of aromatic nitrogens is 1. The third-order valence-corrected chi connectivity index (χ3v) is 4.72. The van der Waals surface area contributed by atoms with Gasteiger partial charge in [0.15, 0.2) is 0 Å². The average Bonchev–Trinajstić information content (AvgIpc) is 2.91. The van der Waals surface area contributed by atoms with E-state index in [1.165, 1.54) is 0 Å². The normalized spacial score (nSPS) is 18.2. The Balaban J connectivity index is 0.00000176. The number of hydrogen-bond donors (Lipinski definition) is 2. The quantitative estimate of drug-likeness (QED) is 0.901. The highest BCUT2D eigenvalue weighted by molar-refractivity contribution is 7.18. The Bertz CT molecular complexity index is 653. The van der Waals surface area contributed by atoms with E-state index >= 15 is 0 Å². The summed E-state index contributed by atoms with van der Waals surface area (Å²) in [5.41, 5.74) is 1.79. The van der Waals surface area contributed by atoms with E-state index in [9.17, 15) is 4.79 Å². The van der Waals surface area contributed by atoms with Crippen molar-refractivity contribution < 1.29 is 9.53 Å². The third kappa shape index (κ3) is 3.76. The molecule has 2 N–H and O–H groups in total. The predicted octanol–water partition coefficient (Wildman–Crippen LogP) is 2.77. The number of thiazole rings is 1. The maximum absolute atomic E-state index is 12.2. The van der Waals surface area contributed by atoms with Crippen molar-refractivity contribution in [3.05, 3.63) is 23.2 Å². The van der Waals surface area contributed by atoms with Crippen LogP contribution in [-0.4, -0.2) is 36.7 Å². The van der Waals surface area contributed by atoms with Crippen LogP contribution >= 0.6 is 23.7 Å². The van der Waals surface area contributed by atoms with Crippen molar-refractivity contribution in [2.75, 3.05) is 25.1 Å². The fourth-order valence-corrected chi connectivity index (χ4v) is 3.24. The first-order valence-corrected chi connectivity index (χ1v) is 7.97. The molecule has 22 heavy (non-hydrogen) atoms. The smallest absolute Gasteiger partial charge is 0.243 e. The van der Waals surface area contributed by atoms with E-state index in [0.29, 0.717) is 25.7 Å². The molecular formula is C15H20ClN3O2S. The number of nitrogens with zero attached hydrogens (tertiary/aromatic N) is 1. The average molecular weight is 342 g/mol. The molecular weight excluding hydrogens is 322 g/mol. The zero-order valence-corrected chi connectivity index (χ0v) is 14.2. The zero-order valence-electron chi connectivity index (χ0n) is 12.6. The Labute approximate surface area is 139 Å². The van der Waals surface area contributed by atoms with Gasteiger partial charge in [-0.05, 0) is 18.2 Å². The maximum Gasteiger partial charge on any atom is 0.243 e. The highest BCUT2D eigenvalue weighted by Crippen LogP contribution is 2.29. The van der Waals surface area contributed by atoms with Crippen LogP contribution in [0.3, 0.4) is 0 Å². The minimum Gasteiger partial charge on any atom is -0.378 e. The maximum atomic E-state index is 12.2. The number of benzene rings is 1. The van der Waals surface area contributed by atoms with Crippen LogP contribution in [0.25, 0.3) is 10.2 Å². The Kier molecular flexibility index (Phi) is 5.74. The van der Waals surface area contributed by atoms with Gasteiger partial charge < -0.3 is 15.4 Å². The lowest BCUT2D eigenvalue weighted by Crippen LogP contribution is -2.48. The number of morpholine rings is 1. The minimum absolute atomic E-state index is 0. The van der Waals surface area contributed by atoms with E-state index in [4.69, 9.17) is 4.74 Å². The predicted molar refractivity (Wildman–Crippen MR) is 92.2 cm³/mol. The van der Waals surface area contributed by atoms with E-state index in [-0.39, 0.29) is 24.4 Å². The number of carbonyl (C=O) groups is 1. The zero-order chi connectivity index (χ0) is 14.8. The molecule has 0 saturated carbocycles. The van der Waals surface area contributed by atoms with Gasteiger partial charge in [-0.2, -0.15) is 0 Å². The highest BCUT2D eigenvalue weighted by atomic mass is 35.5. The van der Waals surface area contributed by atoms with Crippen LogP contribution < -0.4 is 10.6 Å². The van der Waals surface area contributed by atoms with Gasteiger partial charge in [-0.1, -0.05) is 13.8 Å². The monoisotopic (exact) mass is 341 g/mol. The van der Waals surface area contributed by atoms with Crippen molar-refractivity contribution in [3.63, 3.8) is 0 Å². The molecule has 0 bridgehead atoms. The van der Waals surface area contributed by atoms with Crippen LogP contribution in [0.15, 0.2) is 18.2 Å². The molecule has 1 aliphatic heterocycles. The SMILES string of the molecule is CC(C)c1nc2ccc(NC(=O)C3COCCN3)cc2s1.Cl. The number of carbonyl (C=O) groups excluding carboxylic acids is 1. The summed E-state index contributed by atoms with van der Waals surface area (Å²) in [5, 5.41) is 7.21. The van der Waals surface area contributed by atoms with Crippen LogP contribution in [0.2, 0.25) is 0 Å². The van der Waals surface area contributed by atoms with Gasteiger partial charge in [0.2, 0.25) is 5.91 Å². The van der Waals surface area contributed by atoms with Crippen LogP contribution in [0, 0.1) is 0 Å². The molecule has 1 saturated heterocycles. The van der Waals surface area contributed by atoms with Gasteiger partial charge in [0, 0.05) is 18.2 Å². The summed E-state index contributed by atoms with van der Waals surface area (Å²) in [6.45, 7) is 6.06. The number of ether oxygens (including phenoxy) is 1. The standard InChI is InChI=1S/C15H19N3O2S.ClH/c1-9(2)15-18-11-4-3-10(7-13(11)21-15)17-14(19)12-8-20-6-5-16-12;/h3-4,7,9,12,16H,5-6,8H2,1-2H3,(H,17,19);1H. The molecule has 1 fully saturated rings. The second-order valence-corrected chi connectivity index (χ2v) is 6.52. The van der Waals surface area contributed by atoms with Gasteiger partial charge >= 0.3 is 0 Å². The number of hydrogen-bond acceptors (Lipinski definition) is 5. The summed E-state index contributed by atoms with van der Waals surface area (Å²) >= 11 is 1.68. The molecule has 0 aliphatic carbocycles. The number of halogens is 1. The highest BCUT2D eigenvalue weighted by Gasteiger charge is 2.21. The van der Waals surface area contributed by atoms with Crippen molar-refractivity contribution in [2.24, 2.45) is 0 Å². The van der Waals surface area contributed by atoms with Crippen molar-refractivity contribution in [3.8, 4) is 0 Å². The van der Waals surface area contributed by atoms with Crippen molar-refractivity contribution >= 4 is 45.6 Å². The molecule has 7 heteroatoms. The van der Waals surface area contributed by atoms with Crippen LogP contribution in [0.1, 0.15) is 24.8 Å². The van der Waals surface area contributed by atoms with Gasteiger partial charge in [-0.3, -0.25) is 4.79 Å². The number of anilines is 1. The Morgan fingerprint density at radius 1 is 1.50 bits per heavy atom. The lowest BCUT2D eigenvalue weighted by atomic mass is 10.2. The Hall–Kier alpha value is -1.21. The van der Waals surface area contributed by atoms with Crippen LogP contribution in [-0.2, 0) is 9.53 Å². The van der Waals surface area contributed by atoms with Gasteiger partial charge in [0.1, 0.15) is 6.04 Å². The first-order chi connectivity index (χ1) is 10.1. The van der Waals surface area contributed by atoms with Gasteiger partial charge in [-0.15, -0.1) is 23.7 Å². The number of nitrogens with one attached hydrogen (secondary N) is 2. The molecule has 2 aromatic rings. The van der Waals surface area contributed by atoms with E-state index in [2.05, 4.69) is 29.5 Å². The molecule has 5 nitrogen and oxygen atoms in total. The molecule has 0 spiro atoms. The van der Waals surface area contributed by atoms with E-state index in [1.54, 1.807) is 11.3 Å². The van der Waals surface area contributed by atoms with Crippen molar-refractivity contribution in [1.82, 2.24) is 10.3 Å². The summed E-state index contributed by atoms with van der Waals surface area (Å²) in [5.74, 6) is 0.367. The molecule has 1 amide bonds. The van der Waals surface area contributed by atoms with E-state index in [1.807, 2.05) is 18.2 Å². The fraction of sp³-hybridized carbons (Fsp3) is 0.467. The second-order valence-electron chi connectivity index (χ2n) is 5.46. The summed E-state index contributed by atoms with van der Waals surface area (Å²) in [6.07, 6.45) is 0. The summed E-state index contributed by atoms with van der Waals surface area (Å²) in [6, 6.07) is 5.56. The molecule has 1 aromatic heterocycles. The van der Waals surface area contributed by atoms with Gasteiger partial charge in [0.25, 0.3) is 0 Å². The third-order valence-electron chi connectivity index (χ3n) is 3.40. The van der Waals surface area contributed by atoms with Crippen LogP contribution in [0.5, 0.6) is 0 Å². The number of amides is 1. The molecule has 120 valence electrons. The molecule has 2 heterocycles. The van der Waals surface area contributed by atoms with Gasteiger partial charge in [0.05, 0.1) is 28.4 Å². The van der Waals surface area contributed by atoms with E-state index < -0.39 is 0 Å². The molecule has 1 atom stereocenters. The second kappa shape index (κ2) is 7.37. The number of fused-ring (bicyclic) bond motifs is 1. The molecule has 1 aliphatic rings. The lowest BCUT2D eigenvalue weighted by Gasteiger charge is -2.22. The summed E-state index contributed by atoms with van der Waals surface area (Å²) in [4.78, 5) is 16.7. The van der Waals surface area contributed by atoms with Gasteiger partial charge in [-0.25, -0.2) is 4.98 Å². The topological polar surface area (TPSA) is 63.2 Å². The van der Waals surface area contributed by atoms with E-state index in [0.717, 1.165) is 20.9 Å². The van der Waals surface area contributed by atoms with Crippen LogP contribution in [0.4, 0.5) is 5.69 Å². The first-order valence-electron chi connectivity index (χ1n) is 7.16. The summed E-state index contributed by atoms with van der Waals surface area (Å²) in [7, 11) is 0. The summed E-state index contributed by atoms with van der Waals surface area (Å²) < 4.78 is 6.41. The molecule has 1 unspecified atom stereocenters. The number of rotatable bonds is 3. The minimum atomic E-state index is -0.276. The van der Waals surface area contributed by atoms with Crippen molar-refractivity contribution in [2.45, 2.75) is 25.8 Å². The Morgan fingerprint density at radius 2 is 2.32 bits per heavy atom. The first kappa shape index (κ1) is 17.1. The fourth-order valence-electron chi connectivity index (χ4n) is 2.23. The van der Waals surface area contributed by atoms with Crippen molar-refractivity contribution in [1.29, 1.82) is 0 Å². The largest absolute Gasteiger partial charge is 0.378 e.